The molecule has 1 atom stereocenters. The second kappa shape index (κ2) is 12.2. The van der Waals surface area contributed by atoms with Crippen LogP contribution in [-0.2, 0) is 20.8 Å². The van der Waals surface area contributed by atoms with Crippen molar-refractivity contribution in [2.24, 2.45) is 4.99 Å². The zero-order chi connectivity index (χ0) is 28.2. The van der Waals surface area contributed by atoms with Crippen molar-refractivity contribution in [2.75, 3.05) is 19.8 Å². The van der Waals surface area contributed by atoms with Crippen LogP contribution in [0.1, 0.15) is 36.5 Å². The standard InChI is InChI=1S/C28H26Cl2N4O6/c1-2-38-28(37)20-15-19-25(31-23-7-3-4-11-33(23)27(19)36)34(16-18-6-5-12-39-18)26(20)32-24(35)10-13-40-22-9-8-17(29)14-21(22)30/h3-4,7-9,11,14-15,18H,2,5-6,10,12-13,16H2,1H3/t18-/m0/s1. The van der Waals surface area contributed by atoms with E-state index in [9.17, 15) is 14.4 Å². The molecule has 1 saturated heterocycles. The van der Waals surface area contributed by atoms with E-state index in [1.54, 1.807) is 54.1 Å². The van der Waals surface area contributed by atoms with E-state index in [1.807, 2.05) is 0 Å². The van der Waals surface area contributed by atoms with Gasteiger partial charge in [-0.1, -0.05) is 29.3 Å². The van der Waals surface area contributed by atoms with E-state index >= 15 is 0 Å². The first kappa shape index (κ1) is 27.8. The lowest BCUT2D eigenvalue weighted by molar-refractivity contribution is -0.118. The quantitative estimate of drug-likeness (QED) is 0.225. The zero-order valence-corrected chi connectivity index (χ0v) is 23.2. The maximum Gasteiger partial charge on any atom is 0.341 e. The first-order chi connectivity index (χ1) is 19.4. The van der Waals surface area contributed by atoms with Gasteiger partial charge in [-0.15, -0.1) is 0 Å². The van der Waals surface area contributed by atoms with Crippen LogP contribution in [0.25, 0.3) is 16.7 Å². The van der Waals surface area contributed by atoms with Gasteiger partial charge in [0.2, 0.25) is 0 Å². The molecular weight excluding hydrogens is 559 g/mol. The van der Waals surface area contributed by atoms with Crippen molar-refractivity contribution < 1.29 is 23.8 Å². The largest absolute Gasteiger partial charge is 0.491 e. The van der Waals surface area contributed by atoms with Crippen LogP contribution in [0.5, 0.6) is 5.75 Å². The predicted octanol–water partition coefficient (Wildman–Crippen LogP) is 4.21. The maximum atomic E-state index is 13.5. The predicted molar refractivity (Wildman–Crippen MR) is 149 cm³/mol. The SMILES string of the molecule is CCOC(=O)c1cc2c(=O)n3ccccc3nc2n(C[C@@H]2CCCO2)c1=NC(=O)CCOc1ccc(Cl)cc1Cl. The fourth-order valence-electron chi connectivity index (χ4n) is 4.54. The van der Waals surface area contributed by atoms with Crippen LogP contribution in [0.4, 0.5) is 0 Å². The number of halogens is 2. The Labute approximate surface area is 238 Å². The van der Waals surface area contributed by atoms with Gasteiger partial charge in [0.25, 0.3) is 11.5 Å². The van der Waals surface area contributed by atoms with Crippen molar-refractivity contribution in [3.63, 3.8) is 0 Å². The molecule has 10 nitrogen and oxygen atoms in total. The number of esters is 1. The molecule has 1 aromatic carbocycles. The normalized spacial score (nSPS) is 15.6. The van der Waals surface area contributed by atoms with Gasteiger partial charge in [0.15, 0.2) is 5.49 Å². The number of amides is 1. The average Bonchev–Trinajstić information content (AvgIpc) is 3.45. The van der Waals surface area contributed by atoms with Crippen LogP contribution in [0, 0.1) is 0 Å². The molecule has 0 unspecified atom stereocenters. The molecule has 208 valence electrons. The number of benzene rings is 1. The molecule has 12 heteroatoms. The number of hydrogen-bond acceptors (Lipinski definition) is 7. The summed E-state index contributed by atoms with van der Waals surface area (Å²) in [7, 11) is 0. The molecule has 3 aromatic heterocycles. The van der Waals surface area contributed by atoms with Crippen LogP contribution in [0.15, 0.2) is 58.4 Å². The Bertz CT molecular complexity index is 1730. The van der Waals surface area contributed by atoms with Crippen molar-refractivity contribution in [1.29, 1.82) is 0 Å². The summed E-state index contributed by atoms with van der Waals surface area (Å²) in [5.74, 6) is -0.880. The minimum atomic E-state index is -0.709. The molecule has 0 radical (unpaired) electrons. The van der Waals surface area contributed by atoms with Crippen LogP contribution in [0.3, 0.4) is 0 Å². The Hall–Kier alpha value is -3.73. The van der Waals surface area contributed by atoms with Crippen molar-refractivity contribution >= 4 is 51.8 Å². The number of rotatable bonds is 8. The first-order valence-electron chi connectivity index (χ1n) is 12.8. The number of pyridine rings is 2. The molecule has 1 amide bonds. The first-order valence-corrected chi connectivity index (χ1v) is 13.6. The molecule has 4 aromatic rings. The second-order valence-corrected chi connectivity index (χ2v) is 9.95. The lowest BCUT2D eigenvalue weighted by Crippen LogP contribution is -2.35. The summed E-state index contributed by atoms with van der Waals surface area (Å²) >= 11 is 12.1. The molecule has 5 rings (SSSR count). The highest BCUT2D eigenvalue weighted by molar-refractivity contribution is 6.35. The summed E-state index contributed by atoms with van der Waals surface area (Å²) in [5, 5.41) is 0.968. The molecular formula is C28H26Cl2N4O6. The Morgan fingerprint density at radius 3 is 2.80 bits per heavy atom. The molecule has 1 aliphatic heterocycles. The number of aromatic nitrogens is 3. The Morgan fingerprint density at radius 2 is 2.05 bits per heavy atom. The van der Waals surface area contributed by atoms with E-state index in [-0.39, 0.29) is 59.9 Å². The monoisotopic (exact) mass is 584 g/mol. The van der Waals surface area contributed by atoms with Gasteiger partial charge in [-0.05, 0) is 56.2 Å². The van der Waals surface area contributed by atoms with Gasteiger partial charge in [-0.3, -0.25) is 14.0 Å². The number of hydrogen-bond donors (Lipinski definition) is 0. The van der Waals surface area contributed by atoms with Gasteiger partial charge in [0.05, 0.1) is 42.7 Å². The fourth-order valence-corrected chi connectivity index (χ4v) is 5.00. The lowest BCUT2D eigenvalue weighted by atomic mass is 10.2. The van der Waals surface area contributed by atoms with Gasteiger partial charge in [0, 0.05) is 17.8 Å². The van der Waals surface area contributed by atoms with E-state index in [0.29, 0.717) is 28.0 Å². The van der Waals surface area contributed by atoms with E-state index in [2.05, 4.69) is 4.99 Å². The van der Waals surface area contributed by atoms with Crippen molar-refractivity contribution in [3.8, 4) is 5.75 Å². The number of carbonyl (C=O) groups is 2. The van der Waals surface area contributed by atoms with Gasteiger partial charge < -0.3 is 18.8 Å². The highest BCUT2D eigenvalue weighted by Gasteiger charge is 2.23. The highest BCUT2D eigenvalue weighted by atomic mass is 35.5. The summed E-state index contributed by atoms with van der Waals surface area (Å²) in [5.41, 5.74) is 0.365. The summed E-state index contributed by atoms with van der Waals surface area (Å²) in [6.07, 6.45) is 2.94. The minimum absolute atomic E-state index is 0.0119. The van der Waals surface area contributed by atoms with Crippen LogP contribution in [0.2, 0.25) is 10.0 Å². The van der Waals surface area contributed by atoms with Gasteiger partial charge in [-0.2, -0.15) is 4.99 Å². The van der Waals surface area contributed by atoms with Gasteiger partial charge in [-0.25, -0.2) is 9.78 Å². The van der Waals surface area contributed by atoms with Crippen molar-refractivity contribution in [3.05, 3.63) is 80.1 Å². The van der Waals surface area contributed by atoms with Crippen LogP contribution in [-0.4, -0.2) is 51.8 Å². The number of ether oxygens (including phenoxy) is 3. The zero-order valence-electron chi connectivity index (χ0n) is 21.6. The van der Waals surface area contributed by atoms with Gasteiger partial charge in [0.1, 0.15) is 22.6 Å². The highest BCUT2D eigenvalue weighted by Crippen LogP contribution is 2.27. The topological polar surface area (TPSA) is 113 Å². The number of fused-ring (bicyclic) bond motifs is 2. The van der Waals surface area contributed by atoms with E-state index < -0.39 is 11.9 Å². The summed E-state index contributed by atoms with van der Waals surface area (Å²) in [6.45, 7) is 2.59. The van der Waals surface area contributed by atoms with Crippen molar-refractivity contribution in [1.82, 2.24) is 14.0 Å². The minimum Gasteiger partial charge on any atom is -0.491 e. The average molecular weight is 585 g/mol. The molecule has 4 heterocycles. The van der Waals surface area contributed by atoms with Crippen LogP contribution >= 0.6 is 23.2 Å². The molecule has 0 saturated carbocycles. The second-order valence-electron chi connectivity index (χ2n) is 9.11. The summed E-state index contributed by atoms with van der Waals surface area (Å²) in [4.78, 5) is 48.7. The molecule has 0 spiro atoms. The number of carbonyl (C=O) groups excluding carboxylic acids is 2. The maximum absolute atomic E-state index is 13.5. The molecule has 0 bridgehead atoms. The summed E-state index contributed by atoms with van der Waals surface area (Å²) < 4.78 is 19.8. The van der Waals surface area contributed by atoms with E-state index in [4.69, 9.17) is 42.4 Å². The summed E-state index contributed by atoms with van der Waals surface area (Å²) in [6, 6.07) is 11.4. The van der Waals surface area contributed by atoms with E-state index in [1.165, 1.54) is 10.5 Å². The Balaban J connectivity index is 1.62. The van der Waals surface area contributed by atoms with E-state index in [0.717, 1.165) is 12.8 Å². The molecule has 0 aliphatic carbocycles. The third-order valence-corrected chi connectivity index (χ3v) is 6.92. The lowest BCUT2D eigenvalue weighted by Gasteiger charge is -2.18. The third kappa shape index (κ3) is 5.89. The number of nitrogens with zero attached hydrogens (tertiary/aromatic N) is 4. The molecule has 0 N–H and O–H groups in total. The van der Waals surface area contributed by atoms with Crippen molar-refractivity contribution in [2.45, 2.75) is 38.8 Å². The Kier molecular flexibility index (Phi) is 8.49. The molecule has 1 fully saturated rings. The molecule has 40 heavy (non-hydrogen) atoms. The molecule has 1 aliphatic rings. The fraction of sp³-hybridized carbons (Fsp3) is 0.321. The Morgan fingerprint density at radius 1 is 1.20 bits per heavy atom. The third-order valence-electron chi connectivity index (χ3n) is 6.39. The van der Waals surface area contributed by atoms with Crippen LogP contribution < -0.4 is 15.8 Å². The smallest absolute Gasteiger partial charge is 0.341 e. The van der Waals surface area contributed by atoms with Gasteiger partial charge >= 0.3 is 5.97 Å².